The molecule has 0 bridgehead atoms. The number of carbonyl (C=O) groups excluding carboxylic acids is 2. The molecule has 1 atom stereocenters. The predicted molar refractivity (Wildman–Crippen MR) is 156 cm³/mol. The van der Waals surface area contributed by atoms with E-state index in [0.717, 1.165) is 24.7 Å². The second-order valence-corrected chi connectivity index (χ2v) is 9.66. The molecule has 0 radical (unpaired) electrons. The smallest absolute Gasteiger partial charge is 0.246 e. The van der Waals surface area contributed by atoms with Crippen molar-refractivity contribution in [2.24, 2.45) is 0 Å². The van der Waals surface area contributed by atoms with Crippen LogP contribution in [-0.4, -0.2) is 89.2 Å². The second kappa shape index (κ2) is 24.2. The van der Waals surface area contributed by atoms with Crippen molar-refractivity contribution in [2.45, 2.75) is 45.1 Å². The van der Waals surface area contributed by atoms with Crippen molar-refractivity contribution in [3.8, 4) is 11.2 Å². The van der Waals surface area contributed by atoms with E-state index in [0.29, 0.717) is 50.5 Å². The summed E-state index contributed by atoms with van der Waals surface area (Å²) in [6.07, 6.45) is 4.99. The van der Waals surface area contributed by atoms with Crippen LogP contribution in [0.1, 0.15) is 33.6 Å². The van der Waals surface area contributed by atoms with E-state index in [2.05, 4.69) is 29.8 Å². The standard InChI is InChI=1S/C28H44N4O7S/c1-4-5-6-11-31-27(34)20-37-17-18-38-28(40-22-29)21-39-25-9-7-8-24(19-25)32-26(33)10-13-35-15-16-36-14-12-30-23(2)3/h5-9,19,23,28,30H,4,10-18,20-21H2,1-3H3,(H,31,34)(H,32,33)/b6-5+/t28-/m0/s1. The topological polar surface area (TPSA) is 140 Å². The van der Waals surface area contributed by atoms with Crippen molar-refractivity contribution in [1.29, 1.82) is 5.26 Å². The lowest BCUT2D eigenvalue weighted by atomic mass is 10.3. The fraction of sp³-hybridized carbons (Fsp3) is 0.607. The maximum Gasteiger partial charge on any atom is 0.246 e. The van der Waals surface area contributed by atoms with Gasteiger partial charge in [-0.1, -0.05) is 39.0 Å². The highest BCUT2D eigenvalue weighted by molar-refractivity contribution is 8.04. The second-order valence-electron chi connectivity index (χ2n) is 8.72. The maximum absolute atomic E-state index is 12.2. The summed E-state index contributed by atoms with van der Waals surface area (Å²) in [5.41, 5.74) is 0.0400. The van der Waals surface area contributed by atoms with Gasteiger partial charge in [0.15, 0.2) is 5.44 Å². The molecular weight excluding hydrogens is 536 g/mol. The molecule has 0 saturated heterocycles. The highest BCUT2D eigenvalue weighted by Gasteiger charge is 2.12. The molecule has 0 aliphatic heterocycles. The van der Waals surface area contributed by atoms with E-state index >= 15 is 0 Å². The highest BCUT2D eigenvalue weighted by Crippen LogP contribution is 2.20. The lowest BCUT2D eigenvalue weighted by Crippen LogP contribution is -2.28. The van der Waals surface area contributed by atoms with Gasteiger partial charge in [0.2, 0.25) is 11.8 Å². The van der Waals surface area contributed by atoms with E-state index < -0.39 is 5.44 Å². The molecule has 11 nitrogen and oxygen atoms in total. The van der Waals surface area contributed by atoms with E-state index in [1.54, 1.807) is 24.3 Å². The SMILES string of the molecule is CC/C=C/CNC(=O)COCCO[C@H](COc1cccc(NC(=O)CCOCCOCCNC(C)C)c1)SC#N. The summed E-state index contributed by atoms with van der Waals surface area (Å²) in [5, 5.41) is 19.9. The zero-order valence-electron chi connectivity index (χ0n) is 23.8. The number of nitriles is 1. The van der Waals surface area contributed by atoms with Crippen LogP contribution in [0.2, 0.25) is 0 Å². The number of hydrogen-bond acceptors (Lipinski definition) is 10. The van der Waals surface area contributed by atoms with E-state index in [1.165, 1.54) is 0 Å². The first-order valence-electron chi connectivity index (χ1n) is 13.5. The van der Waals surface area contributed by atoms with E-state index in [1.807, 2.05) is 24.5 Å². The van der Waals surface area contributed by atoms with Gasteiger partial charge in [-0.15, -0.1) is 0 Å². The summed E-state index contributed by atoms with van der Waals surface area (Å²) in [4.78, 5) is 23.9. The van der Waals surface area contributed by atoms with E-state index in [4.69, 9.17) is 28.9 Å². The molecule has 0 saturated carbocycles. The molecule has 0 spiro atoms. The minimum atomic E-state index is -0.549. The number of amides is 2. The van der Waals surface area contributed by atoms with Crippen LogP contribution >= 0.6 is 11.8 Å². The van der Waals surface area contributed by atoms with Crippen LogP contribution in [0.4, 0.5) is 5.69 Å². The predicted octanol–water partition coefficient (Wildman–Crippen LogP) is 3.08. The average Bonchev–Trinajstić information content (AvgIpc) is 2.93. The molecule has 1 rings (SSSR count). The van der Waals surface area contributed by atoms with Crippen LogP contribution in [-0.2, 0) is 28.5 Å². The van der Waals surface area contributed by atoms with Crippen LogP contribution in [0.5, 0.6) is 5.75 Å². The number of nitrogens with zero attached hydrogens (tertiary/aromatic N) is 1. The Balaban J connectivity index is 2.24. The Morgan fingerprint density at radius 1 is 1.02 bits per heavy atom. The molecule has 1 aromatic carbocycles. The van der Waals surface area contributed by atoms with Crippen LogP contribution in [0.25, 0.3) is 0 Å². The van der Waals surface area contributed by atoms with Gasteiger partial charge in [0.25, 0.3) is 0 Å². The number of nitrogens with one attached hydrogen (secondary N) is 3. The number of hydrogen-bond donors (Lipinski definition) is 3. The van der Waals surface area contributed by atoms with Gasteiger partial charge in [-0.3, -0.25) is 9.59 Å². The normalized spacial score (nSPS) is 11.9. The Morgan fingerprint density at radius 3 is 2.55 bits per heavy atom. The Hall–Kier alpha value is -2.66. The molecule has 224 valence electrons. The van der Waals surface area contributed by atoms with Gasteiger partial charge in [-0.05, 0) is 30.3 Å². The van der Waals surface area contributed by atoms with Gasteiger partial charge in [0.05, 0.1) is 46.1 Å². The number of rotatable bonds is 24. The lowest BCUT2D eigenvalue weighted by molar-refractivity contribution is -0.126. The van der Waals surface area contributed by atoms with E-state index in [-0.39, 0.29) is 44.7 Å². The van der Waals surface area contributed by atoms with Crippen molar-refractivity contribution in [3.63, 3.8) is 0 Å². The monoisotopic (exact) mass is 580 g/mol. The number of ether oxygens (including phenoxy) is 5. The largest absolute Gasteiger partial charge is 0.490 e. The minimum Gasteiger partial charge on any atom is -0.490 e. The maximum atomic E-state index is 12.2. The van der Waals surface area contributed by atoms with E-state index in [9.17, 15) is 9.59 Å². The molecule has 0 aliphatic rings. The zero-order chi connectivity index (χ0) is 29.3. The quantitative estimate of drug-likeness (QED) is 0.0723. The molecule has 2 amide bonds. The van der Waals surface area contributed by atoms with Gasteiger partial charge in [0.1, 0.15) is 24.4 Å². The number of allylic oxidation sites excluding steroid dienone is 1. The van der Waals surface area contributed by atoms with Crippen molar-refractivity contribution >= 4 is 29.3 Å². The van der Waals surface area contributed by atoms with Gasteiger partial charge in [-0.2, -0.15) is 5.26 Å². The third kappa shape index (κ3) is 20.3. The van der Waals surface area contributed by atoms with Crippen molar-refractivity contribution in [3.05, 3.63) is 36.4 Å². The first-order chi connectivity index (χ1) is 19.4. The van der Waals surface area contributed by atoms with Crippen LogP contribution in [0, 0.1) is 10.7 Å². The number of carbonyl (C=O) groups is 2. The number of thioether (sulfide) groups is 1. The summed E-state index contributed by atoms with van der Waals surface area (Å²) in [6.45, 7) is 9.73. The Morgan fingerprint density at radius 2 is 1.80 bits per heavy atom. The summed E-state index contributed by atoms with van der Waals surface area (Å²) in [5.74, 6) is 0.142. The summed E-state index contributed by atoms with van der Waals surface area (Å²) in [6, 6.07) is 7.40. The number of thiocyanates is 1. The van der Waals surface area contributed by atoms with Crippen LogP contribution < -0.4 is 20.7 Å². The zero-order valence-corrected chi connectivity index (χ0v) is 24.6. The van der Waals surface area contributed by atoms with Crippen molar-refractivity contribution in [1.82, 2.24) is 10.6 Å². The van der Waals surface area contributed by atoms with Gasteiger partial charge in [0, 0.05) is 30.9 Å². The van der Waals surface area contributed by atoms with Crippen LogP contribution in [0.15, 0.2) is 36.4 Å². The van der Waals surface area contributed by atoms with Gasteiger partial charge in [-0.25, -0.2) is 0 Å². The molecule has 3 N–H and O–H groups in total. The van der Waals surface area contributed by atoms with Gasteiger partial charge < -0.3 is 39.6 Å². The Kier molecular flexibility index (Phi) is 21.4. The Labute approximate surface area is 242 Å². The molecule has 0 aromatic heterocycles. The fourth-order valence-corrected chi connectivity index (χ4v) is 3.43. The highest BCUT2D eigenvalue weighted by atomic mass is 32.2. The molecule has 40 heavy (non-hydrogen) atoms. The average molecular weight is 581 g/mol. The first kappa shape index (κ1) is 35.4. The molecule has 0 aliphatic carbocycles. The third-order valence-electron chi connectivity index (χ3n) is 4.92. The van der Waals surface area contributed by atoms with Crippen molar-refractivity contribution in [2.75, 3.05) is 71.3 Å². The first-order valence-corrected chi connectivity index (χ1v) is 14.4. The van der Waals surface area contributed by atoms with Crippen molar-refractivity contribution < 1.29 is 33.3 Å². The molecule has 0 fully saturated rings. The Bertz CT molecular complexity index is 896. The summed E-state index contributed by atoms with van der Waals surface area (Å²) in [7, 11) is 0. The fourth-order valence-electron chi connectivity index (χ4n) is 3.01. The molecule has 0 heterocycles. The number of benzene rings is 1. The lowest BCUT2D eigenvalue weighted by Gasteiger charge is -2.16. The molecule has 12 heteroatoms. The third-order valence-corrected chi connectivity index (χ3v) is 5.56. The summed E-state index contributed by atoms with van der Waals surface area (Å²) >= 11 is 0.930. The molecule has 1 aromatic rings. The number of anilines is 1. The van der Waals surface area contributed by atoms with Crippen LogP contribution in [0.3, 0.4) is 0 Å². The van der Waals surface area contributed by atoms with Gasteiger partial charge >= 0.3 is 0 Å². The molecular formula is C28H44N4O7S. The molecule has 0 unspecified atom stereocenters. The minimum absolute atomic E-state index is 0.0641. The summed E-state index contributed by atoms with van der Waals surface area (Å²) < 4.78 is 27.6.